The van der Waals surface area contributed by atoms with Gasteiger partial charge in [-0.3, -0.25) is 14.6 Å². The average molecular weight is 380 g/mol. The molecule has 1 unspecified atom stereocenters. The van der Waals surface area contributed by atoms with E-state index in [0.717, 1.165) is 45.8 Å². The fraction of sp³-hybridized carbons (Fsp3) is 0.435. The zero-order chi connectivity index (χ0) is 19.3. The second-order valence-corrected chi connectivity index (χ2v) is 7.78. The summed E-state index contributed by atoms with van der Waals surface area (Å²) in [5.41, 5.74) is 5.09. The third-order valence-electron chi connectivity index (χ3n) is 5.86. The summed E-state index contributed by atoms with van der Waals surface area (Å²) in [5, 5.41) is 3.18. The molecule has 0 spiro atoms. The van der Waals surface area contributed by atoms with Gasteiger partial charge in [-0.25, -0.2) is 0 Å². The normalized spacial score (nSPS) is 20.5. The standard InChI is InChI=1S/C23H29N3O2/c1-25-16-20-8-4-2-6-18(20)14-22(25)23(27)24-15-19-7-3-5-9-21(19)17-26-10-12-28-13-11-26/h2-9,22H,10-17H2,1H3,(H,24,27). The summed E-state index contributed by atoms with van der Waals surface area (Å²) >= 11 is 0. The summed E-state index contributed by atoms with van der Waals surface area (Å²) in [5.74, 6) is 0.109. The molecular weight excluding hydrogens is 350 g/mol. The first-order valence-electron chi connectivity index (χ1n) is 10.1. The SMILES string of the molecule is CN1Cc2ccccc2CC1C(=O)NCc1ccccc1CN1CCOCC1. The highest BCUT2D eigenvalue weighted by Gasteiger charge is 2.28. The molecule has 1 N–H and O–H groups in total. The lowest BCUT2D eigenvalue weighted by molar-refractivity contribution is -0.126. The van der Waals surface area contributed by atoms with Crippen LogP contribution in [0.3, 0.4) is 0 Å². The number of likely N-dealkylation sites (N-methyl/N-ethyl adjacent to an activating group) is 1. The summed E-state index contributed by atoms with van der Waals surface area (Å²) in [6.45, 7) is 5.84. The Bertz CT molecular complexity index is 817. The number of morpholine rings is 1. The van der Waals surface area contributed by atoms with Crippen molar-refractivity contribution in [3.8, 4) is 0 Å². The Morgan fingerprint density at radius 3 is 2.50 bits per heavy atom. The van der Waals surface area contributed by atoms with Crippen LogP contribution in [-0.4, -0.2) is 55.1 Å². The zero-order valence-electron chi connectivity index (χ0n) is 16.6. The highest BCUT2D eigenvalue weighted by molar-refractivity contribution is 5.82. The van der Waals surface area contributed by atoms with Gasteiger partial charge in [-0.2, -0.15) is 0 Å². The van der Waals surface area contributed by atoms with Crippen LogP contribution in [0.5, 0.6) is 0 Å². The molecule has 1 fully saturated rings. The van der Waals surface area contributed by atoms with Gasteiger partial charge < -0.3 is 10.1 Å². The van der Waals surface area contributed by atoms with Crippen molar-refractivity contribution in [2.45, 2.75) is 32.1 Å². The van der Waals surface area contributed by atoms with Crippen LogP contribution in [0.2, 0.25) is 0 Å². The van der Waals surface area contributed by atoms with Gasteiger partial charge in [0.15, 0.2) is 0 Å². The molecule has 5 heteroatoms. The first kappa shape index (κ1) is 19.1. The van der Waals surface area contributed by atoms with E-state index in [2.05, 4.69) is 57.6 Å². The van der Waals surface area contributed by atoms with Gasteiger partial charge in [-0.05, 0) is 35.7 Å². The molecule has 0 aliphatic carbocycles. The Morgan fingerprint density at radius 1 is 1.04 bits per heavy atom. The van der Waals surface area contributed by atoms with Gasteiger partial charge in [-0.1, -0.05) is 48.5 Å². The van der Waals surface area contributed by atoms with E-state index in [1.807, 2.05) is 13.1 Å². The van der Waals surface area contributed by atoms with Crippen LogP contribution < -0.4 is 5.32 Å². The molecule has 2 aliphatic heterocycles. The molecule has 148 valence electrons. The summed E-state index contributed by atoms with van der Waals surface area (Å²) in [4.78, 5) is 17.5. The van der Waals surface area contributed by atoms with Gasteiger partial charge in [0, 0.05) is 32.7 Å². The van der Waals surface area contributed by atoms with Crippen molar-refractivity contribution in [3.63, 3.8) is 0 Å². The van der Waals surface area contributed by atoms with Crippen molar-refractivity contribution in [1.82, 2.24) is 15.1 Å². The predicted octanol–water partition coefficient (Wildman–Crippen LogP) is 2.19. The zero-order valence-corrected chi connectivity index (χ0v) is 16.6. The molecule has 0 radical (unpaired) electrons. The van der Waals surface area contributed by atoms with E-state index < -0.39 is 0 Å². The van der Waals surface area contributed by atoms with E-state index in [9.17, 15) is 4.79 Å². The highest BCUT2D eigenvalue weighted by atomic mass is 16.5. The second kappa shape index (κ2) is 8.86. The summed E-state index contributed by atoms with van der Waals surface area (Å²) in [6, 6.07) is 16.7. The van der Waals surface area contributed by atoms with Crippen LogP contribution in [0.4, 0.5) is 0 Å². The van der Waals surface area contributed by atoms with Crippen LogP contribution in [0.15, 0.2) is 48.5 Å². The number of nitrogens with zero attached hydrogens (tertiary/aromatic N) is 2. The molecule has 2 aromatic carbocycles. The average Bonchev–Trinajstić information content (AvgIpc) is 2.73. The van der Waals surface area contributed by atoms with Crippen LogP contribution in [0.1, 0.15) is 22.3 Å². The Morgan fingerprint density at radius 2 is 1.71 bits per heavy atom. The summed E-state index contributed by atoms with van der Waals surface area (Å²) < 4.78 is 5.45. The van der Waals surface area contributed by atoms with E-state index in [0.29, 0.717) is 6.54 Å². The number of carbonyl (C=O) groups excluding carboxylic acids is 1. The molecule has 0 bridgehead atoms. The van der Waals surface area contributed by atoms with E-state index in [1.54, 1.807) is 0 Å². The van der Waals surface area contributed by atoms with E-state index in [4.69, 9.17) is 4.74 Å². The number of ether oxygens (including phenoxy) is 1. The molecule has 4 rings (SSSR count). The topological polar surface area (TPSA) is 44.8 Å². The second-order valence-electron chi connectivity index (χ2n) is 7.78. The van der Waals surface area contributed by atoms with E-state index in [1.165, 1.54) is 22.3 Å². The molecule has 1 saturated heterocycles. The van der Waals surface area contributed by atoms with Gasteiger partial charge in [0.05, 0.1) is 19.3 Å². The summed E-state index contributed by atoms with van der Waals surface area (Å²) in [6.07, 6.45) is 0.772. The minimum Gasteiger partial charge on any atom is -0.379 e. The maximum absolute atomic E-state index is 12.9. The third kappa shape index (κ3) is 4.43. The molecule has 2 aliphatic rings. The van der Waals surface area contributed by atoms with Gasteiger partial charge in [0.1, 0.15) is 0 Å². The molecule has 28 heavy (non-hydrogen) atoms. The lowest BCUT2D eigenvalue weighted by atomic mass is 9.94. The maximum Gasteiger partial charge on any atom is 0.237 e. The minimum atomic E-state index is -0.110. The monoisotopic (exact) mass is 379 g/mol. The van der Waals surface area contributed by atoms with Gasteiger partial charge in [0.25, 0.3) is 0 Å². The predicted molar refractivity (Wildman–Crippen MR) is 110 cm³/mol. The van der Waals surface area contributed by atoms with Crippen LogP contribution in [-0.2, 0) is 35.6 Å². The molecule has 2 heterocycles. The molecule has 1 amide bonds. The minimum absolute atomic E-state index is 0.109. The largest absolute Gasteiger partial charge is 0.379 e. The Kier molecular flexibility index (Phi) is 6.05. The third-order valence-corrected chi connectivity index (χ3v) is 5.86. The van der Waals surface area contributed by atoms with Crippen molar-refractivity contribution in [1.29, 1.82) is 0 Å². The van der Waals surface area contributed by atoms with Crippen LogP contribution in [0.25, 0.3) is 0 Å². The molecular formula is C23H29N3O2. The smallest absolute Gasteiger partial charge is 0.237 e. The van der Waals surface area contributed by atoms with Crippen molar-refractivity contribution >= 4 is 5.91 Å². The first-order valence-corrected chi connectivity index (χ1v) is 10.1. The number of amides is 1. The van der Waals surface area contributed by atoms with Crippen molar-refractivity contribution in [3.05, 3.63) is 70.8 Å². The first-order chi connectivity index (χ1) is 13.7. The van der Waals surface area contributed by atoms with Gasteiger partial charge in [-0.15, -0.1) is 0 Å². The highest BCUT2D eigenvalue weighted by Crippen LogP contribution is 2.22. The molecule has 0 aromatic heterocycles. The Labute approximate surface area is 167 Å². The van der Waals surface area contributed by atoms with Crippen molar-refractivity contribution in [2.75, 3.05) is 33.4 Å². The molecule has 2 aromatic rings. The number of fused-ring (bicyclic) bond motifs is 1. The van der Waals surface area contributed by atoms with Gasteiger partial charge >= 0.3 is 0 Å². The van der Waals surface area contributed by atoms with Crippen LogP contribution in [0, 0.1) is 0 Å². The fourth-order valence-electron chi connectivity index (χ4n) is 4.13. The Balaban J connectivity index is 1.38. The van der Waals surface area contributed by atoms with E-state index >= 15 is 0 Å². The van der Waals surface area contributed by atoms with Crippen molar-refractivity contribution < 1.29 is 9.53 Å². The number of nitrogens with one attached hydrogen (secondary N) is 1. The number of hydrogen-bond acceptors (Lipinski definition) is 4. The maximum atomic E-state index is 12.9. The Hall–Kier alpha value is -2.21. The molecule has 0 saturated carbocycles. The summed E-state index contributed by atoms with van der Waals surface area (Å²) in [7, 11) is 2.03. The molecule has 5 nitrogen and oxygen atoms in total. The number of hydrogen-bond donors (Lipinski definition) is 1. The number of rotatable bonds is 5. The lowest BCUT2D eigenvalue weighted by Gasteiger charge is -2.33. The van der Waals surface area contributed by atoms with Crippen molar-refractivity contribution in [2.24, 2.45) is 0 Å². The number of carbonyl (C=O) groups is 1. The fourth-order valence-corrected chi connectivity index (χ4v) is 4.13. The molecule has 1 atom stereocenters. The van der Waals surface area contributed by atoms with Crippen LogP contribution >= 0.6 is 0 Å². The lowest BCUT2D eigenvalue weighted by Crippen LogP contribution is -2.48. The van der Waals surface area contributed by atoms with E-state index in [-0.39, 0.29) is 11.9 Å². The quantitative estimate of drug-likeness (QED) is 0.865. The number of benzene rings is 2. The van der Waals surface area contributed by atoms with Gasteiger partial charge in [0.2, 0.25) is 5.91 Å².